The maximum absolute atomic E-state index is 12.2. The van der Waals surface area contributed by atoms with E-state index in [0.717, 1.165) is 43.5 Å². The summed E-state index contributed by atoms with van der Waals surface area (Å²) in [7, 11) is 0. The maximum atomic E-state index is 12.2. The fourth-order valence-electron chi connectivity index (χ4n) is 3.10. The predicted molar refractivity (Wildman–Crippen MR) is 86.4 cm³/mol. The number of benzene rings is 1. The lowest BCUT2D eigenvalue weighted by Gasteiger charge is -2.31. The molecule has 118 valence electrons. The summed E-state index contributed by atoms with van der Waals surface area (Å²) < 4.78 is 0. The Hall–Kier alpha value is -1.84. The van der Waals surface area contributed by atoms with Crippen LogP contribution >= 0.6 is 0 Å². The number of carbonyl (C=O) groups excluding carboxylic acids is 2. The van der Waals surface area contributed by atoms with Gasteiger partial charge in [0.25, 0.3) is 0 Å². The van der Waals surface area contributed by atoms with Crippen molar-refractivity contribution < 1.29 is 9.59 Å². The topological polar surface area (TPSA) is 49.4 Å². The minimum absolute atomic E-state index is 0.0306. The Morgan fingerprint density at radius 3 is 2.64 bits per heavy atom. The highest BCUT2D eigenvalue weighted by Crippen LogP contribution is 2.29. The summed E-state index contributed by atoms with van der Waals surface area (Å²) in [6.07, 6.45) is 4.07. The molecule has 0 bridgehead atoms. The molecule has 2 aliphatic rings. The molecule has 1 aliphatic carbocycles. The van der Waals surface area contributed by atoms with Crippen LogP contribution in [-0.2, 0) is 22.6 Å². The highest BCUT2D eigenvalue weighted by atomic mass is 16.2. The summed E-state index contributed by atoms with van der Waals surface area (Å²) in [4.78, 5) is 26.1. The van der Waals surface area contributed by atoms with Crippen LogP contribution in [0.25, 0.3) is 0 Å². The fourth-order valence-corrected chi connectivity index (χ4v) is 3.10. The molecule has 0 spiro atoms. The van der Waals surface area contributed by atoms with Crippen molar-refractivity contribution in [2.75, 3.05) is 11.9 Å². The van der Waals surface area contributed by atoms with E-state index >= 15 is 0 Å². The first kappa shape index (κ1) is 15.1. The third kappa shape index (κ3) is 3.01. The average Bonchev–Trinajstić information content (AvgIpc) is 2.43. The molecule has 1 aromatic carbocycles. The van der Waals surface area contributed by atoms with E-state index in [4.69, 9.17) is 0 Å². The number of nitrogens with one attached hydrogen (secondary N) is 1. The van der Waals surface area contributed by atoms with Gasteiger partial charge in [-0.25, -0.2) is 0 Å². The van der Waals surface area contributed by atoms with Crippen LogP contribution in [0.1, 0.15) is 44.2 Å². The van der Waals surface area contributed by atoms with Crippen LogP contribution in [0.4, 0.5) is 5.69 Å². The predicted octanol–water partition coefficient (Wildman–Crippen LogP) is 2.97. The molecule has 22 heavy (non-hydrogen) atoms. The first-order valence-corrected chi connectivity index (χ1v) is 8.26. The summed E-state index contributed by atoms with van der Waals surface area (Å²) >= 11 is 0. The van der Waals surface area contributed by atoms with Gasteiger partial charge in [-0.15, -0.1) is 0 Å². The second-order valence-corrected chi connectivity index (χ2v) is 6.77. The lowest BCUT2D eigenvalue weighted by molar-refractivity contribution is -0.135. The highest BCUT2D eigenvalue weighted by Gasteiger charge is 2.26. The zero-order valence-corrected chi connectivity index (χ0v) is 13.4. The Bertz CT molecular complexity index is 591. The summed E-state index contributed by atoms with van der Waals surface area (Å²) in [6.45, 7) is 5.32. The van der Waals surface area contributed by atoms with E-state index in [0.29, 0.717) is 6.54 Å². The van der Waals surface area contributed by atoms with Gasteiger partial charge >= 0.3 is 0 Å². The van der Waals surface area contributed by atoms with Crippen molar-refractivity contribution in [3.8, 4) is 0 Å². The molecule has 1 aliphatic heterocycles. The van der Waals surface area contributed by atoms with Crippen molar-refractivity contribution in [1.82, 2.24) is 4.90 Å². The molecule has 4 heteroatoms. The van der Waals surface area contributed by atoms with Crippen LogP contribution in [0.3, 0.4) is 0 Å². The van der Waals surface area contributed by atoms with E-state index in [-0.39, 0.29) is 23.7 Å². The van der Waals surface area contributed by atoms with Gasteiger partial charge in [0.2, 0.25) is 11.8 Å². The number of hydrogen-bond donors (Lipinski definition) is 1. The van der Waals surface area contributed by atoms with Gasteiger partial charge in [0.05, 0.1) is 0 Å². The van der Waals surface area contributed by atoms with Crippen molar-refractivity contribution in [3.63, 3.8) is 0 Å². The monoisotopic (exact) mass is 300 g/mol. The molecule has 0 saturated heterocycles. The number of fused-ring (bicyclic) bond motifs is 1. The minimum Gasteiger partial charge on any atom is -0.338 e. The zero-order valence-electron chi connectivity index (χ0n) is 13.4. The van der Waals surface area contributed by atoms with Crippen molar-refractivity contribution >= 4 is 17.5 Å². The molecule has 0 atom stereocenters. The summed E-state index contributed by atoms with van der Waals surface area (Å²) in [5.41, 5.74) is 3.30. The number of anilines is 1. The van der Waals surface area contributed by atoms with Gasteiger partial charge in [0, 0.05) is 30.6 Å². The maximum Gasteiger partial charge on any atom is 0.227 e. The van der Waals surface area contributed by atoms with Crippen molar-refractivity contribution in [3.05, 3.63) is 29.3 Å². The summed E-state index contributed by atoms with van der Waals surface area (Å²) in [6, 6.07) is 6.10. The normalized spacial score (nSPS) is 17.9. The lowest BCUT2D eigenvalue weighted by Crippen LogP contribution is -2.38. The highest BCUT2D eigenvalue weighted by molar-refractivity contribution is 5.93. The summed E-state index contributed by atoms with van der Waals surface area (Å²) in [5.74, 6) is 0.560. The standard InChI is InChI=1S/C18H24N2O2/c1-12(2)18(22)20-9-8-13-6-7-16(10-15(13)11-20)19-17(21)14-4-3-5-14/h6-7,10,12,14H,3-5,8-9,11H2,1-2H3,(H,19,21). The van der Waals surface area contributed by atoms with Gasteiger partial charge in [-0.2, -0.15) is 0 Å². The van der Waals surface area contributed by atoms with Crippen molar-refractivity contribution in [2.24, 2.45) is 11.8 Å². The van der Waals surface area contributed by atoms with Crippen LogP contribution in [0.5, 0.6) is 0 Å². The second kappa shape index (κ2) is 6.11. The van der Waals surface area contributed by atoms with Gasteiger partial charge in [-0.1, -0.05) is 26.3 Å². The van der Waals surface area contributed by atoms with Crippen LogP contribution in [0, 0.1) is 11.8 Å². The molecule has 1 heterocycles. The molecule has 1 aromatic rings. The zero-order chi connectivity index (χ0) is 15.7. The van der Waals surface area contributed by atoms with E-state index in [1.807, 2.05) is 30.9 Å². The minimum atomic E-state index is 0.0306. The number of nitrogens with zero attached hydrogens (tertiary/aromatic N) is 1. The average molecular weight is 300 g/mol. The SMILES string of the molecule is CC(C)C(=O)N1CCc2ccc(NC(=O)C3CCC3)cc2C1. The Morgan fingerprint density at radius 1 is 1.23 bits per heavy atom. The Morgan fingerprint density at radius 2 is 2.00 bits per heavy atom. The number of hydrogen-bond acceptors (Lipinski definition) is 2. The van der Waals surface area contributed by atoms with Gasteiger partial charge in [-0.3, -0.25) is 9.59 Å². The molecule has 0 aromatic heterocycles. The van der Waals surface area contributed by atoms with Crippen LogP contribution in [0.15, 0.2) is 18.2 Å². The van der Waals surface area contributed by atoms with Crippen LogP contribution in [-0.4, -0.2) is 23.3 Å². The number of amides is 2. The Kier molecular flexibility index (Phi) is 4.19. The van der Waals surface area contributed by atoms with E-state index in [9.17, 15) is 9.59 Å². The van der Waals surface area contributed by atoms with Gasteiger partial charge in [-0.05, 0) is 42.5 Å². The Balaban J connectivity index is 1.71. The smallest absolute Gasteiger partial charge is 0.227 e. The third-order valence-electron chi connectivity index (χ3n) is 4.77. The molecular weight excluding hydrogens is 276 g/mol. The molecule has 2 amide bonds. The number of carbonyl (C=O) groups is 2. The molecule has 1 fully saturated rings. The quantitative estimate of drug-likeness (QED) is 0.933. The summed E-state index contributed by atoms with van der Waals surface area (Å²) in [5, 5.41) is 3.02. The van der Waals surface area contributed by atoms with Crippen molar-refractivity contribution in [1.29, 1.82) is 0 Å². The van der Waals surface area contributed by atoms with E-state index in [2.05, 4.69) is 11.4 Å². The van der Waals surface area contributed by atoms with E-state index in [1.165, 1.54) is 5.56 Å². The van der Waals surface area contributed by atoms with Crippen LogP contribution in [0.2, 0.25) is 0 Å². The molecule has 3 rings (SSSR count). The third-order valence-corrected chi connectivity index (χ3v) is 4.77. The fraction of sp³-hybridized carbons (Fsp3) is 0.556. The molecule has 1 N–H and O–H groups in total. The Labute approximate surface area is 131 Å². The first-order valence-electron chi connectivity index (χ1n) is 8.26. The van der Waals surface area contributed by atoms with Gasteiger partial charge < -0.3 is 10.2 Å². The molecular formula is C18H24N2O2. The van der Waals surface area contributed by atoms with Gasteiger partial charge in [0.15, 0.2) is 0 Å². The van der Waals surface area contributed by atoms with Crippen molar-refractivity contribution in [2.45, 2.75) is 46.1 Å². The molecule has 4 nitrogen and oxygen atoms in total. The van der Waals surface area contributed by atoms with E-state index in [1.54, 1.807) is 0 Å². The molecule has 1 saturated carbocycles. The largest absolute Gasteiger partial charge is 0.338 e. The molecule has 0 unspecified atom stereocenters. The number of rotatable bonds is 3. The van der Waals surface area contributed by atoms with E-state index < -0.39 is 0 Å². The molecule has 0 radical (unpaired) electrons. The first-order chi connectivity index (χ1) is 10.5. The van der Waals surface area contributed by atoms with Gasteiger partial charge in [0.1, 0.15) is 0 Å². The van der Waals surface area contributed by atoms with Crippen LogP contribution < -0.4 is 5.32 Å². The lowest BCUT2D eigenvalue weighted by atomic mass is 9.85. The second-order valence-electron chi connectivity index (χ2n) is 6.77.